The molecule has 6 rings (SSSR count). The normalized spacial score (nSPS) is 11.8. The quantitative estimate of drug-likeness (QED) is 0.192. The highest BCUT2D eigenvalue weighted by atomic mass is 32.2. The third-order valence-corrected chi connectivity index (χ3v) is 8.37. The number of hydrogen-bond acceptors (Lipinski definition) is 9. The molecule has 6 aromatic rings. The van der Waals surface area contributed by atoms with E-state index in [0.29, 0.717) is 34.8 Å². The molecule has 0 atom stereocenters. The fourth-order valence-corrected chi connectivity index (χ4v) is 6.38. The van der Waals surface area contributed by atoms with E-state index in [9.17, 15) is 13.2 Å². The van der Waals surface area contributed by atoms with Crippen molar-refractivity contribution in [1.82, 2.24) is 24.6 Å². The summed E-state index contributed by atoms with van der Waals surface area (Å²) in [6, 6.07) is 26.1. The molecule has 0 bridgehead atoms. The minimum Gasteiger partial charge on any atom is -0.401 e. The molecule has 3 aromatic heterocycles. The van der Waals surface area contributed by atoms with Crippen LogP contribution in [0.25, 0.3) is 33.4 Å². The fourth-order valence-electron chi connectivity index (χ4n) is 5.20. The number of nitrogens with zero attached hydrogens (tertiary/aromatic N) is 5. The monoisotopic (exact) mass is 624 g/mol. The summed E-state index contributed by atoms with van der Waals surface area (Å²) in [6.07, 6.45) is 0. The van der Waals surface area contributed by atoms with Crippen molar-refractivity contribution in [2.75, 3.05) is 30.7 Å². The summed E-state index contributed by atoms with van der Waals surface area (Å²) in [6.45, 7) is 0.697. The first-order valence-corrected chi connectivity index (χ1v) is 15.9. The van der Waals surface area contributed by atoms with Crippen molar-refractivity contribution in [2.24, 2.45) is 5.73 Å². The molecule has 13 heteroatoms. The maximum Gasteiger partial charge on any atom is 0.322 e. The van der Waals surface area contributed by atoms with Gasteiger partial charge in [-0.25, -0.2) is 13.4 Å². The van der Waals surface area contributed by atoms with Gasteiger partial charge in [0.2, 0.25) is 15.9 Å². The number of anilines is 2. The number of hydrogen-bond donors (Lipinski definition) is 3. The molecule has 0 aliphatic carbocycles. The SMILES string of the molecule is CN(C)CC(=O)Nc1nnc(-c2cc3ccc(CN)nc3n2Cc2cc(NS(=O)(=O)Cc3ccccc3)cc3ccccc23)o1. The number of nitrogens with two attached hydrogens (primary N) is 1. The summed E-state index contributed by atoms with van der Waals surface area (Å²) in [5.41, 5.74) is 9.81. The van der Waals surface area contributed by atoms with Gasteiger partial charge in [0.25, 0.3) is 5.89 Å². The summed E-state index contributed by atoms with van der Waals surface area (Å²) in [5, 5.41) is 13.5. The third-order valence-electron chi connectivity index (χ3n) is 7.11. The van der Waals surface area contributed by atoms with Gasteiger partial charge in [0.15, 0.2) is 0 Å². The van der Waals surface area contributed by atoms with Crippen molar-refractivity contribution in [3.05, 3.63) is 102 Å². The number of pyridine rings is 1. The molecule has 4 N–H and O–H groups in total. The Kier molecular flexibility index (Phi) is 8.30. The molecule has 0 saturated carbocycles. The van der Waals surface area contributed by atoms with Gasteiger partial charge in [-0.05, 0) is 66.3 Å². The standard InChI is InChI=1S/C32H32N8O4S/c1-39(2)19-29(41)35-32-37-36-31(44-32)28-16-23-12-13-25(17-33)34-30(23)40(28)18-24-15-26(14-22-10-6-7-11-27(22)24)38-45(42,43)20-21-8-4-3-5-9-21/h3-16,38H,17-20,33H2,1-2H3,(H,35,37,41). The second-order valence-electron chi connectivity index (χ2n) is 10.9. The molecular formula is C32H32N8O4S. The number of carbonyl (C=O) groups is 1. The van der Waals surface area contributed by atoms with Crippen molar-refractivity contribution in [2.45, 2.75) is 18.8 Å². The molecule has 0 aliphatic heterocycles. The third kappa shape index (κ3) is 6.85. The van der Waals surface area contributed by atoms with E-state index >= 15 is 0 Å². The Balaban J connectivity index is 1.41. The van der Waals surface area contributed by atoms with Gasteiger partial charge in [-0.1, -0.05) is 59.7 Å². The van der Waals surface area contributed by atoms with Crippen LogP contribution in [0.1, 0.15) is 16.8 Å². The maximum atomic E-state index is 13.2. The minimum absolute atomic E-state index is 0.0236. The molecule has 3 aromatic carbocycles. The maximum absolute atomic E-state index is 13.2. The molecule has 230 valence electrons. The Morgan fingerprint density at radius 3 is 2.51 bits per heavy atom. The Morgan fingerprint density at radius 1 is 0.956 bits per heavy atom. The molecule has 12 nitrogen and oxygen atoms in total. The van der Waals surface area contributed by atoms with Gasteiger partial charge in [0.1, 0.15) is 11.3 Å². The number of rotatable bonds is 11. The molecule has 1 amide bonds. The van der Waals surface area contributed by atoms with E-state index in [1.165, 1.54) is 0 Å². The van der Waals surface area contributed by atoms with E-state index < -0.39 is 10.0 Å². The molecule has 0 fully saturated rings. The van der Waals surface area contributed by atoms with E-state index in [1.807, 2.05) is 77.4 Å². The van der Waals surface area contributed by atoms with Crippen molar-refractivity contribution in [1.29, 1.82) is 0 Å². The smallest absolute Gasteiger partial charge is 0.322 e. The molecule has 3 heterocycles. The zero-order valence-corrected chi connectivity index (χ0v) is 25.6. The van der Waals surface area contributed by atoms with E-state index in [0.717, 1.165) is 21.7 Å². The average Bonchev–Trinajstić information content (AvgIpc) is 3.60. The first-order chi connectivity index (χ1) is 21.7. The molecule has 0 spiro atoms. The van der Waals surface area contributed by atoms with E-state index in [4.69, 9.17) is 15.1 Å². The number of nitrogens with one attached hydrogen (secondary N) is 2. The molecule has 0 radical (unpaired) electrons. The van der Waals surface area contributed by atoms with E-state index in [1.54, 1.807) is 31.1 Å². The molecule has 0 aliphatic rings. The molecular weight excluding hydrogens is 592 g/mol. The van der Waals surface area contributed by atoms with Gasteiger partial charge >= 0.3 is 6.01 Å². The number of carbonyl (C=O) groups excluding carboxylic acids is 1. The predicted octanol–water partition coefficient (Wildman–Crippen LogP) is 4.19. The highest BCUT2D eigenvalue weighted by Crippen LogP contribution is 2.32. The largest absolute Gasteiger partial charge is 0.401 e. The zero-order chi connectivity index (χ0) is 31.6. The second-order valence-corrected chi connectivity index (χ2v) is 12.7. The lowest BCUT2D eigenvalue weighted by Crippen LogP contribution is -2.27. The first kappa shape index (κ1) is 29.9. The Labute approximate surface area is 259 Å². The summed E-state index contributed by atoms with van der Waals surface area (Å²) in [5.74, 6) is -0.256. The van der Waals surface area contributed by atoms with Crippen LogP contribution in [0.4, 0.5) is 11.7 Å². The Morgan fingerprint density at radius 2 is 1.73 bits per heavy atom. The van der Waals surface area contributed by atoms with Gasteiger partial charge in [-0.15, -0.1) is 5.10 Å². The van der Waals surface area contributed by atoms with Crippen LogP contribution in [0, 0.1) is 0 Å². The van der Waals surface area contributed by atoms with E-state index in [-0.39, 0.29) is 36.7 Å². The Hall–Kier alpha value is -5.11. The number of fused-ring (bicyclic) bond motifs is 2. The van der Waals surface area contributed by atoms with Gasteiger partial charge in [-0.2, -0.15) is 0 Å². The number of sulfonamides is 1. The van der Waals surface area contributed by atoms with Gasteiger partial charge < -0.3 is 19.6 Å². The first-order valence-electron chi connectivity index (χ1n) is 14.2. The fraction of sp³-hybridized carbons (Fsp3) is 0.188. The van der Waals surface area contributed by atoms with Crippen LogP contribution >= 0.6 is 0 Å². The number of likely N-dealkylation sites (N-methyl/N-ethyl adjacent to an activating group) is 1. The number of benzene rings is 3. The summed E-state index contributed by atoms with van der Waals surface area (Å²) in [7, 11) is -0.130. The van der Waals surface area contributed by atoms with Crippen LogP contribution in [-0.4, -0.2) is 59.6 Å². The Bertz CT molecular complexity index is 2110. The number of aromatic nitrogens is 4. The van der Waals surface area contributed by atoms with Crippen molar-refractivity contribution in [3.8, 4) is 11.6 Å². The average molecular weight is 625 g/mol. The second kappa shape index (κ2) is 12.5. The van der Waals surface area contributed by atoms with Crippen LogP contribution in [-0.2, 0) is 33.7 Å². The molecule has 0 unspecified atom stereocenters. The number of amides is 1. The van der Waals surface area contributed by atoms with Crippen molar-refractivity contribution in [3.63, 3.8) is 0 Å². The summed E-state index contributed by atoms with van der Waals surface area (Å²) < 4.78 is 36.9. The minimum atomic E-state index is -3.70. The highest BCUT2D eigenvalue weighted by Gasteiger charge is 2.21. The van der Waals surface area contributed by atoms with Crippen LogP contribution in [0.5, 0.6) is 0 Å². The van der Waals surface area contributed by atoms with Crippen LogP contribution < -0.4 is 15.8 Å². The molecule has 45 heavy (non-hydrogen) atoms. The topological polar surface area (TPSA) is 161 Å². The van der Waals surface area contributed by atoms with Gasteiger partial charge in [0.05, 0.1) is 24.5 Å². The van der Waals surface area contributed by atoms with Crippen molar-refractivity contribution < 1.29 is 17.6 Å². The van der Waals surface area contributed by atoms with Crippen LogP contribution in [0.2, 0.25) is 0 Å². The lowest BCUT2D eigenvalue weighted by Gasteiger charge is -2.15. The van der Waals surface area contributed by atoms with Gasteiger partial charge in [-0.3, -0.25) is 14.8 Å². The lowest BCUT2D eigenvalue weighted by molar-refractivity contribution is -0.116. The van der Waals surface area contributed by atoms with Crippen LogP contribution in [0.15, 0.2) is 89.3 Å². The lowest BCUT2D eigenvalue weighted by atomic mass is 10.0. The van der Waals surface area contributed by atoms with Gasteiger partial charge in [0, 0.05) is 17.6 Å². The zero-order valence-electron chi connectivity index (χ0n) is 24.8. The van der Waals surface area contributed by atoms with E-state index in [2.05, 4.69) is 20.2 Å². The van der Waals surface area contributed by atoms with Crippen molar-refractivity contribution >= 4 is 49.4 Å². The predicted molar refractivity (Wildman–Crippen MR) is 174 cm³/mol. The van der Waals surface area contributed by atoms with Crippen LogP contribution in [0.3, 0.4) is 0 Å². The highest BCUT2D eigenvalue weighted by molar-refractivity contribution is 7.91. The summed E-state index contributed by atoms with van der Waals surface area (Å²) in [4.78, 5) is 18.8. The summed E-state index contributed by atoms with van der Waals surface area (Å²) >= 11 is 0. The molecule has 0 saturated heterocycles.